The van der Waals surface area contributed by atoms with E-state index < -0.39 is 12.5 Å². The van der Waals surface area contributed by atoms with Crippen LogP contribution in [0.25, 0.3) is 0 Å². The molecule has 1 fully saturated rings. The van der Waals surface area contributed by atoms with E-state index in [2.05, 4.69) is 15.6 Å². The Morgan fingerprint density at radius 3 is 2.96 bits per heavy atom. The van der Waals surface area contributed by atoms with Gasteiger partial charge in [0.2, 0.25) is 0 Å². The molecule has 0 unspecified atom stereocenters. The lowest BCUT2D eigenvalue weighted by atomic mass is 9.86. The van der Waals surface area contributed by atoms with Crippen LogP contribution >= 0.6 is 0 Å². The van der Waals surface area contributed by atoms with E-state index in [1.165, 1.54) is 4.68 Å². The highest BCUT2D eigenvalue weighted by Crippen LogP contribution is 2.36. The molecule has 0 aliphatic carbocycles. The van der Waals surface area contributed by atoms with Crippen LogP contribution in [-0.2, 0) is 6.42 Å². The van der Waals surface area contributed by atoms with E-state index in [1.54, 1.807) is 24.0 Å². The molecule has 0 radical (unpaired) electrons. The number of likely N-dealkylation sites (tertiary alicyclic amines) is 1. The van der Waals surface area contributed by atoms with E-state index in [1.807, 2.05) is 6.92 Å². The fourth-order valence-corrected chi connectivity index (χ4v) is 4.27. The minimum absolute atomic E-state index is 0.0976. The number of hydrogen-bond acceptors (Lipinski definition) is 5. The number of piperidine rings is 1. The first-order valence-corrected chi connectivity index (χ1v) is 9.82. The second kappa shape index (κ2) is 7.52. The fraction of sp³-hybridized carbons (Fsp3) is 0.632. The first-order chi connectivity index (χ1) is 13.5. The lowest BCUT2D eigenvalue weighted by molar-refractivity contribution is 0.0501. The molecule has 0 saturated carbocycles. The Kier molecular flexibility index (Phi) is 5.07. The molecule has 4 heterocycles. The van der Waals surface area contributed by atoms with Gasteiger partial charge < -0.3 is 14.7 Å². The van der Waals surface area contributed by atoms with Gasteiger partial charge in [0.15, 0.2) is 5.69 Å². The summed E-state index contributed by atoms with van der Waals surface area (Å²) >= 11 is 0. The number of carbonyl (C=O) groups is 1. The van der Waals surface area contributed by atoms with Crippen LogP contribution in [0, 0.1) is 12.8 Å². The van der Waals surface area contributed by atoms with Gasteiger partial charge in [-0.15, -0.1) is 0 Å². The average molecular weight is 393 g/mol. The molecular formula is C19H25F2N5O2. The number of amides is 1. The van der Waals surface area contributed by atoms with Crippen LogP contribution in [0.3, 0.4) is 0 Å². The topological polar surface area (TPSA) is 76.2 Å². The summed E-state index contributed by atoms with van der Waals surface area (Å²) in [6.07, 6.45) is 0.222. The summed E-state index contributed by atoms with van der Waals surface area (Å²) in [5.74, 6) is 1.25. The van der Waals surface area contributed by atoms with Gasteiger partial charge in [-0.2, -0.15) is 5.10 Å². The smallest absolute Gasteiger partial charge is 0.276 e. The highest BCUT2D eigenvalue weighted by Gasteiger charge is 2.39. The molecule has 3 atom stereocenters. The first-order valence-electron chi connectivity index (χ1n) is 9.82. The summed E-state index contributed by atoms with van der Waals surface area (Å²) in [7, 11) is 0. The molecule has 4 rings (SSSR count). The number of aryl methyl sites for hydroxylation is 2. The predicted octanol–water partition coefficient (Wildman–Crippen LogP) is 3.28. The van der Waals surface area contributed by atoms with E-state index in [0.29, 0.717) is 48.9 Å². The summed E-state index contributed by atoms with van der Waals surface area (Å²) < 4.78 is 33.8. The van der Waals surface area contributed by atoms with Crippen molar-refractivity contribution >= 4 is 11.7 Å². The van der Waals surface area contributed by atoms with E-state index in [9.17, 15) is 13.6 Å². The first kappa shape index (κ1) is 18.9. The zero-order valence-corrected chi connectivity index (χ0v) is 16.1. The van der Waals surface area contributed by atoms with Crippen molar-refractivity contribution < 1.29 is 18.1 Å². The van der Waals surface area contributed by atoms with Gasteiger partial charge in [0.25, 0.3) is 12.3 Å². The molecule has 0 aromatic carbocycles. The number of anilines is 1. The number of nitrogens with one attached hydrogen (secondary N) is 1. The highest BCUT2D eigenvalue weighted by atomic mass is 19.3. The molecule has 152 valence electrons. The van der Waals surface area contributed by atoms with Crippen LogP contribution in [0.5, 0.6) is 0 Å². The van der Waals surface area contributed by atoms with Crippen molar-refractivity contribution in [3.8, 4) is 0 Å². The highest BCUT2D eigenvalue weighted by molar-refractivity contribution is 5.92. The Bertz CT molecular complexity index is 849. The van der Waals surface area contributed by atoms with Crippen molar-refractivity contribution in [2.45, 2.75) is 58.0 Å². The Morgan fingerprint density at radius 1 is 1.43 bits per heavy atom. The Morgan fingerprint density at radius 2 is 2.25 bits per heavy atom. The molecule has 2 aromatic heterocycles. The number of carbonyl (C=O) groups excluding carboxylic acids is 1. The van der Waals surface area contributed by atoms with Gasteiger partial charge in [-0.25, -0.2) is 13.5 Å². The molecule has 2 aromatic rings. The van der Waals surface area contributed by atoms with Gasteiger partial charge >= 0.3 is 0 Å². The number of nitrogens with zero attached hydrogens (tertiary/aromatic N) is 4. The minimum atomic E-state index is -2.48. The SMILES string of the molecule is CCc1cc(C(=O)N2CCC[C@@H]([C@@H]3C[C@H](C(F)F)n4nc(C)cc4N3)C2)no1. The zero-order valence-electron chi connectivity index (χ0n) is 16.1. The molecule has 1 N–H and O–H groups in total. The van der Waals surface area contributed by atoms with Crippen LogP contribution in [0.1, 0.15) is 54.2 Å². The maximum absolute atomic E-state index is 13.6. The molecule has 2 aliphatic heterocycles. The van der Waals surface area contributed by atoms with Crippen molar-refractivity contribution in [3.63, 3.8) is 0 Å². The third-order valence-corrected chi connectivity index (χ3v) is 5.73. The molecule has 9 heteroatoms. The summed E-state index contributed by atoms with van der Waals surface area (Å²) in [6, 6.07) is 2.42. The van der Waals surface area contributed by atoms with Crippen LogP contribution in [0.4, 0.5) is 14.6 Å². The van der Waals surface area contributed by atoms with Crippen molar-refractivity contribution in [1.29, 1.82) is 0 Å². The van der Waals surface area contributed by atoms with Crippen LogP contribution < -0.4 is 5.32 Å². The fourth-order valence-electron chi connectivity index (χ4n) is 4.27. The molecule has 28 heavy (non-hydrogen) atoms. The average Bonchev–Trinajstić information content (AvgIpc) is 3.32. The van der Waals surface area contributed by atoms with Gasteiger partial charge in [0.05, 0.1) is 5.69 Å². The van der Waals surface area contributed by atoms with Crippen LogP contribution in [0.2, 0.25) is 0 Å². The molecule has 0 spiro atoms. The number of halogens is 2. The molecule has 2 aliphatic rings. The number of rotatable bonds is 4. The minimum Gasteiger partial charge on any atom is -0.367 e. The lowest BCUT2D eigenvalue weighted by Crippen LogP contribution is -2.48. The largest absolute Gasteiger partial charge is 0.367 e. The van der Waals surface area contributed by atoms with Crippen molar-refractivity contribution in [2.75, 3.05) is 18.4 Å². The van der Waals surface area contributed by atoms with E-state index in [4.69, 9.17) is 4.52 Å². The maximum atomic E-state index is 13.6. The summed E-state index contributed by atoms with van der Waals surface area (Å²) in [6.45, 7) is 4.90. The second-order valence-electron chi connectivity index (χ2n) is 7.69. The number of fused-ring (bicyclic) bond motifs is 1. The van der Waals surface area contributed by atoms with Crippen molar-refractivity contribution in [2.24, 2.45) is 5.92 Å². The number of alkyl halides is 2. The van der Waals surface area contributed by atoms with E-state index >= 15 is 0 Å². The third kappa shape index (κ3) is 3.49. The standard InChI is InChI=1S/C19H25F2N5O2/c1-3-13-8-15(24-28-13)19(27)25-6-4-5-12(10-25)14-9-16(18(20)21)26-17(22-14)7-11(2)23-26/h7-8,12,14,16,18,22H,3-6,9-10H2,1-2H3/t12-,14+,16-/m1/s1. The molecule has 1 amide bonds. The Labute approximate surface area is 162 Å². The predicted molar refractivity (Wildman–Crippen MR) is 98.5 cm³/mol. The zero-order chi connectivity index (χ0) is 19.8. The lowest BCUT2D eigenvalue weighted by Gasteiger charge is -2.41. The molecular weight excluding hydrogens is 368 g/mol. The van der Waals surface area contributed by atoms with Gasteiger partial charge in [0, 0.05) is 37.7 Å². The number of hydrogen-bond donors (Lipinski definition) is 1. The van der Waals surface area contributed by atoms with Crippen LogP contribution in [0.15, 0.2) is 16.7 Å². The number of aromatic nitrogens is 3. The summed E-state index contributed by atoms with van der Waals surface area (Å²) in [4.78, 5) is 14.5. The summed E-state index contributed by atoms with van der Waals surface area (Å²) in [5, 5.41) is 11.5. The Balaban J connectivity index is 1.49. The molecule has 0 bridgehead atoms. The van der Waals surface area contributed by atoms with Gasteiger partial charge in [-0.3, -0.25) is 4.79 Å². The van der Waals surface area contributed by atoms with Crippen LogP contribution in [-0.4, -0.2) is 51.3 Å². The van der Waals surface area contributed by atoms with E-state index in [0.717, 1.165) is 12.8 Å². The third-order valence-electron chi connectivity index (χ3n) is 5.73. The van der Waals surface area contributed by atoms with E-state index in [-0.39, 0.29) is 17.9 Å². The van der Waals surface area contributed by atoms with Gasteiger partial charge in [0.1, 0.15) is 17.6 Å². The van der Waals surface area contributed by atoms with Gasteiger partial charge in [-0.05, 0) is 32.1 Å². The van der Waals surface area contributed by atoms with Crippen molar-refractivity contribution in [1.82, 2.24) is 19.8 Å². The molecule has 1 saturated heterocycles. The van der Waals surface area contributed by atoms with Crippen molar-refractivity contribution in [3.05, 3.63) is 29.3 Å². The molecule has 7 nitrogen and oxygen atoms in total. The second-order valence-corrected chi connectivity index (χ2v) is 7.69. The monoisotopic (exact) mass is 393 g/mol. The van der Waals surface area contributed by atoms with Gasteiger partial charge in [-0.1, -0.05) is 12.1 Å². The normalized spacial score (nSPS) is 24.9. The Hall–Kier alpha value is -2.45. The maximum Gasteiger partial charge on any atom is 0.276 e. The summed E-state index contributed by atoms with van der Waals surface area (Å²) in [5.41, 5.74) is 1.03. The quantitative estimate of drug-likeness (QED) is 0.863.